The molecule has 0 bridgehead atoms. The Labute approximate surface area is 106 Å². The molecule has 17 heavy (non-hydrogen) atoms. The molecule has 2 aromatic carbocycles. The smallest absolute Gasteiger partial charge is 0.119 e. The van der Waals surface area contributed by atoms with Gasteiger partial charge in [0.2, 0.25) is 0 Å². The van der Waals surface area contributed by atoms with Gasteiger partial charge in [-0.25, -0.2) is 0 Å². The fourth-order valence-electron chi connectivity index (χ4n) is 1.72. The number of nitrogens with two attached hydrogens (primary N) is 1. The molecule has 0 atom stereocenters. The summed E-state index contributed by atoms with van der Waals surface area (Å²) in [4.78, 5) is 0. The van der Waals surface area contributed by atoms with Gasteiger partial charge in [-0.2, -0.15) is 0 Å². The van der Waals surface area contributed by atoms with Crippen LogP contribution in [0.3, 0.4) is 0 Å². The molecule has 2 rings (SSSR count). The minimum atomic E-state index is 0.646. The van der Waals surface area contributed by atoms with Gasteiger partial charge in [0.15, 0.2) is 0 Å². The third-order valence-electron chi connectivity index (χ3n) is 2.47. The SMILES string of the molecule is CCOc1cccc(-c2ccc(Cl)cc2N)c1. The molecule has 2 aromatic rings. The van der Waals surface area contributed by atoms with E-state index in [1.807, 2.05) is 43.3 Å². The maximum Gasteiger partial charge on any atom is 0.119 e. The van der Waals surface area contributed by atoms with Crippen LogP contribution in [0.15, 0.2) is 42.5 Å². The van der Waals surface area contributed by atoms with Gasteiger partial charge >= 0.3 is 0 Å². The van der Waals surface area contributed by atoms with E-state index in [0.717, 1.165) is 16.9 Å². The first-order valence-corrected chi connectivity index (χ1v) is 5.86. The number of hydrogen-bond donors (Lipinski definition) is 1. The number of nitrogen functional groups attached to an aromatic ring is 1. The molecule has 3 heteroatoms. The summed E-state index contributed by atoms with van der Waals surface area (Å²) in [5.74, 6) is 0.847. The van der Waals surface area contributed by atoms with Gasteiger partial charge < -0.3 is 10.5 Å². The van der Waals surface area contributed by atoms with Crippen molar-refractivity contribution in [1.82, 2.24) is 0 Å². The molecule has 2 nitrogen and oxygen atoms in total. The summed E-state index contributed by atoms with van der Waals surface area (Å²) < 4.78 is 5.46. The van der Waals surface area contributed by atoms with Crippen LogP contribution in [0.25, 0.3) is 11.1 Å². The van der Waals surface area contributed by atoms with E-state index in [0.29, 0.717) is 17.3 Å². The van der Waals surface area contributed by atoms with E-state index in [4.69, 9.17) is 22.1 Å². The average molecular weight is 248 g/mol. The molecule has 0 amide bonds. The average Bonchev–Trinajstić information content (AvgIpc) is 2.29. The van der Waals surface area contributed by atoms with E-state index in [1.165, 1.54) is 0 Å². The third kappa shape index (κ3) is 2.71. The highest BCUT2D eigenvalue weighted by Gasteiger charge is 2.04. The number of anilines is 1. The molecule has 0 saturated heterocycles. The van der Waals surface area contributed by atoms with Crippen LogP contribution < -0.4 is 10.5 Å². The Morgan fingerprint density at radius 1 is 1.18 bits per heavy atom. The van der Waals surface area contributed by atoms with Crippen LogP contribution in [0.4, 0.5) is 5.69 Å². The van der Waals surface area contributed by atoms with Crippen molar-refractivity contribution in [1.29, 1.82) is 0 Å². The van der Waals surface area contributed by atoms with Crippen LogP contribution in [-0.4, -0.2) is 6.61 Å². The van der Waals surface area contributed by atoms with Gasteiger partial charge in [0, 0.05) is 16.3 Å². The van der Waals surface area contributed by atoms with Crippen LogP contribution in [0.1, 0.15) is 6.92 Å². The fraction of sp³-hybridized carbons (Fsp3) is 0.143. The van der Waals surface area contributed by atoms with E-state index < -0.39 is 0 Å². The molecule has 0 unspecified atom stereocenters. The maximum absolute atomic E-state index is 5.95. The van der Waals surface area contributed by atoms with E-state index in [2.05, 4.69) is 0 Å². The molecule has 0 aromatic heterocycles. The molecule has 0 aliphatic carbocycles. The summed E-state index contributed by atoms with van der Waals surface area (Å²) in [6.45, 7) is 2.61. The molecule has 0 radical (unpaired) electrons. The maximum atomic E-state index is 5.95. The molecular weight excluding hydrogens is 234 g/mol. The molecule has 0 fully saturated rings. The molecule has 88 valence electrons. The van der Waals surface area contributed by atoms with Gasteiger partial charge in [-0.3, -0.25) is 0 Å². The summed E-state index contributed by atoms with van der Waals surface area (Å²) >= 11 is 5.88. The van der Waals surface area contributed by atoms with Gasteiger partial charge in [0.25, 0.3) is 0 Å². The fourth-order valence-corrected chi connectivity index (χ4v) is 1.90. The van der Waals surface area contributed by atoms with E-state index in [-0.39, 0.29) is 0 Å². The summed E-state index contributed by atoms with van der Waals surface area (Å²) in [6.07, 6.45) is 0. The van der Waals surface area contributed by atoms with Crippen molar-refractivity contribution in [2.24, 2.45) is 0 Å². The van der Waals surface area contributed by atoms with Crippen molar-refractivity contribution in [2.75, 3.05) is 12.3 Å². The van der Waals surface area contributed by atoms with Gasteiger partial charge in [-0.05, 0) is 36.8 Å². The second-order valence-corrected chi connectivity index (χ2v) is 4.13. The van der Waals surface area contributed by atoms with E-state index in [9.17, 15) is 0 Å². The van der Waals surface area contributed by atoms with E-state index >= 15 is 0 Å². The predicted octanol–water partition coefficient (Wildman–Crippen LogP) is 3.99. The lowest BCUT2D eigenvalue weighted by Gasteiger charge is -2.08. The molecule has 0 aliphatic heterocycles. The Morgan fingerprint density at radius 2 is 2.00 bits per heavy atom. The summed E-state index contributed by atoms with van der Waals surface area (Å²) in [5, 5.41) is 0.646. The number of halogens is 1. The topological polar surface area (TPSA) is 35.2 Å². The number of ether oxygens (including phenoxy) is 1. The van der Waals surface area contributed by atoms with Crippen LogP contribution in [0, 0.1) is 0 Å². The highest BCUT2D eigenvalue weighted by Crippen LogP contribution is 2.30. The highest BCUT2D eigenvalue weighted by atomic mass is 35.5. The monoisotopic (exact) mass is 247 g/mol. The first-order chi connectivity index (χ1) is 8.20. The zero-order chi connectivity index (χ0) is 12.3. The molecule has 0 aliphatic rings. The molecule has 0 spiro atoms. The molecule has 0 heterocycles. The van der Waals surface area contributed by atoms with Crippen LogP contribution in [-0.2, 0) is 0 Å². The summed E-state index contributed by atoms with van der Waals surface area (Å²) in [5.41, 5.74) is 8.63. The third-order valence-corrected chi connectivity index (χ3v) is 2.70. The Kier molecular flexibility index (Phi) is 3.55. The lowest BCUT2D eigenvalue weighted by atomic mass is 10.0. The zero-order valence-corrected chi connectivity index (χ0v) is 10.4. The zero-order valence-electron chi connectivity index (χ0n) is 9.61. The second kappa shape index (κ2) is 5.11. The number of rotatable bonds is 3. The van der Waals surface area contributed by atoms with E-state index in [1.54, 1.807) is 6.07 Å². The van der Waals surface area contributed by atoms with Crippen LogP contribution in [0.5, 0.6) is 5.75 Å². The Hall–Kier alpha value is -1.67. The van der Waals surface area contributed by atoms with Crippen molar-refractivity contribution in [3.05, 3.63) is 47.5 Å². The van der Waals surface area contributed by atoms with Crippen molar-refractivity contribution < 1.29 is 4.74 Å². The minimum absolute atomic E-state index is 0.646. The number of hydrogen-bond acceptors (Lipinski definition) is 2. The van der Waals surface area contributed by atoms with Crippen LogP contribution >= 0.6 is 11.6 Å². The van der Waals surface area contributed by atoms with Gasteiger partial charge in [-0.15, -0.1) is 0 Å². The van der Waals surface area contributed by atoms with Gasteiger partial charge in [0.05, 0.1) is 6.61 Å². The normalized spacial score (nSPS) is 10.2. The molecule has 2 N–H and O–H groups in total. The predicted molar refractivity (Wildman–Crippen MR) is 72.5 cm³/mol. The Morgan fingerprint density at radius 3 is 2.71 bits per heavy atom. The largest absolute Gasteiger partial charge is 0.494 e. The first kappa shape index (κ1) is 11.8. The Balaban J connectivity index is 2.42. The highest BCUT2D eigenvalue weighted by molar-refractivity contribution is 6.31. The van der Waals surface area contributed by atoms with Crippen molar-refractivity contribution >= 4 is 17.3 Å². The lowest BCUT2D eigenvalue weighted by molar-refractivity contribution is 0.340. The van der Waals surface area contributed by atoms with Gasteiger partial charge in [-0.1, -0.05) is 29.8 Å². The van der Waals surface area contributed by atoms with Crippen molar-refractivity contribution in [2.45, 2.75) is 6.92 Å². The molecule has 0 saturated carbocycles. The molecular formula is C14H14ClNO. The Bertz CT molecular complexity index is 525. The minimum Gasteiger partial charge on any atom is -0.494 e. The van der Waals surface area contributed by atoms with Crippen molar-refractivity contribution in [3.63, 3.8) is 0 Å². The quantitative estimate of drug-likeness (QED) is 0.833. The summed E-state index contributed by atoms with van der Waals surface area (Å²) in [6, 6.07) is 13.4. The second-order valence-electron chi connectivity index (χ2n) is 3.69. The lowest BCUT2D eigenvalue weighted by Crippen LogP contribution is -1.93. The van der Waals surface area contributed by atoms with Crippen LogP contribution in [0.2, 0.25) is 5.02 Å². The summed E-state index contributed by atoms with van der Waals surface area (Å²) in [7, 11) is 0. The van der Waals surface area contributed by atoms with Gasteiger partial charge in [0.1, 0.15) is 5.75 Å². The number of benzene rings is 2. The van der Waals surface area contributed by atoms with Crippen molar-refractivity contribution in [3.8, 4) is 16.9 Å². The first-order valence-electron chi connectivity index (χ1n) is 5.49. The standard InChI is InChI=1S/C14H14ClNO/c1-2-17-12-5-3-4-10(8-12)13-7-6-11(15)9-14(13)16/h3-9H,2,16H2,1H3.